The SMILES string of the molecule is Cc1c(CC#N)ccc(F)c1C(F)(F)F. The van der Waals surface area contributed by atoms with Crippen LogP contribution in [0.4, 0.5) is 17.6 Å². The zero-order chi connectivity index (χ0) is 11.6. The van der Waals surface area contributed by atoms with Gasteiger partial charge in [-0.15, -0.1) is 0 Å². The maximum Gasteiger partial charge on any atom is 0.419 e. The fourth-order valence-electron chi connectivity index (χ4n) is 1.35. The Hall–Kier alpha value is -1.57. The van der Waals surface area contributed by atoms with E-state index in [0.717, 1.165) is 6.07 Å². The lowest BCUT2D eigenvalue weighted by molar-refractivity contribution is -0.140. The summed E-state index contributed by atoms with van der Waals surface area (Å²) in [4.78, 5) is 0. The number of hydrogen-bond donors (Lipinski definition) is 0. The first-order valence-corrected chi connectivity index (χ1v) is 4.10. The van der Waals surface area contributed by atoms with Gasteiger partial charge in [0.1, 0.15) is 5.82 Å². The fraction of sp³-hybridized carbons (Fsp3) is 0.300. The molecule has 0 aliphatic rings. The lowest BCUT2D eigenvalue weighted by atomic mass is 9.99. The Bertz CT molecular complexity index is 415. The van der Waals surface area contributed by atoms with Crippen LogP contribution in [0.2, 0.25) is 0 Å². The van der Waals surface area contributed by atoms with E-state index in [-0.39, 0.29) is 17.5 Å². The first kappa shape index (κ1) is 11.5. The second kappa shape index (κ2) is 3.89. The molecular weight excluding hydrogens is 210 g/mol. The van der Waals surface area contributed by atoms with E-state index >= 15 is 0 Å². The van der Waals surface area contributed by atoms with E-state index < -0.39 is 17.6 Å². The molecule has 1 nitrogen and oxygen atoms in total. The Morgan fingerprint density at radius 2 is 1.93 bits per heavy atom. The van der Waals surface area contributed by atoms with Crippen LogP contribution in [0.3, 0.4) is 0 Å². The maximum absolute atomic E-state index is 13.0. The minimum Gasteiger partial charge on any atom is -0.206 e. The summed E-state index contributed by atoms with van der Waals surface area (Å²) in [5.41, 5.74) is -1.30. The van der Waals surface area contributed by atoms with Crippen LogP contribution in [0.1, 0.15) is 16.7 Å². The van der Waals surface area contributed by atoms with Gasteiger partial charge in [-0.3, -0.25) is 0 Å². The summed E-state index contributed by atoms with van der Waals surface area (Å²) in [5.74, 6) is -1.30. The summed E-state index contributed by atoms with van der Waals surface area (Å²) in [6.45, 7) is 1.17. The third-order valence-corrected chi connectivity index (χ3v) is 2.08. The van der Waals surface area contributed by atoms with Gasteiger partial charge >= 0.3 is 6.18 Å². The smallest absolute Gasteiger partial charge is 0.206 e. The molecule has 0 bridgehead atoms. The molecule has 80 valence electrons. The van der Waals surface area contributed by atoms with Crippen molar-refractivity contribution in [2.75, 3.05) is 0 Å². The highest BCUT2D eigenvalue weighted by Crippen LogP contribution is 2.35. The second-order valence-electron chi connectivity index (χ2n) is 3.04. The highest BCUT2D eigenvalue weighted by atomic mass is 19.4. The van der Waals surface area contributed by atoms with Crippen LogP contribution in [-0.4, -0.2) is 0 Å². The van der Waals surface area contributed by atoms with Crippen molar-refractivity contribution < 1.29 is 17.6 Å². The number of nitriles is 1. The zero-order valence-electron chi connectivity index (χ0n) is 7.82. The molecule has 0 fully saturated rings. The van der Waals surface area contributed by atoms with Gasteiger partial charge in [-0.1, -0.05) is 6.07 Å². The molecule has 0 radical (unpaired) electrons. The van der Waals surface area contributed by atoms with Crippen molar-refractivity contribution in [1.29, 1.82) is 5.26 Å². The molecule has 0 atom stereocenters. The van der Waals surface area contributed by atoms with E-state index in [9.17, 15) is 17.6 Å². The number of nitrogens with zero attached hydrogens (tertiary/aromatic N) is 1. The van der Waals surface area contributed by atoms with Crippen molar-refractivity contribution in [2.24, 2.45) is 0 Å². The second-order valence-corrected chi connectivity index (χ2v) is 3.04. The standard InChI is InChI=1S/C10H7F4N/c1-6-7(4-5-15)2-3-8(11)9(6)10(12,13)14/h2-3H,4H2,1H3. The summed E-state index contributed by atoms with van der Waals surface area (Å²) in [5, 5.41) is 8.38. The van der Waals surface area contributed by atoms with Crippen LogP contribution in [0.15, 0.2) is 12.1 Å². The molecule has 5 heteroatoms. The summed E-state index contributed by atoms with van der Waals surface area (Å²) in [6, 6.07) is 3.67. The van der Waals surface area contributed by atoms with Gasteiger partial charge in [0.2, 0.25) is 0 Å². The van der Waals surface area contributed by atoms with Crippen LogP contribution in [-0.2, 0) is 12.6 Å². The molecule has 1 aromatic carbocycles. The summed E-state index contributed by atoms with van der Waals surface area (Å²) in [6.07, 6.45) is -4.88. The Labute approximate surface area is 83.9 Å². The first-order chi connectivity index (χ1) is 6.88. The molecule has 0 amide bonds. The van der Waals surface area contributed by atoms with Crippen LogP contribution in [0.25, 0.3) is 0 Å². The van der Waals surface area contributed by atoms with Crippen LogP contribution >= 0.6 is 0 Å². The van der Waals surface area contributed by atoms with Crippen molar-refractivity contribution in [1.82, 2.24) is 0 Å². The van der Waals surface area contributed by atoms with Crippen LogP contribution in [0.5, 0.6) is 0 Å². The molecule has 0 aliphatic carbocycles. The molecule has 0 spiro atoms. The minimum absolute atomic E-state index is 0.158. The summed E-state index contributed by atoms with van der Waals surface area (Å²) >= 11 is 0. The molecule has 0 N–H and O–H groups in total. The average Bonchev–Trinajstić information content (AvgIpc) is 2.08. The van der Waals surface area contributed by atoms with Gasteiger partial charge in [0.05, 0.1) is 18.1 Å². The van der Waals surface area contributed by atoms with E-state index in [1.54, 1.807) is 6.07 Å². The van der Waals surface area contributed by atoms with Gasteiger partial charge in [-0.25, -0.2) is 4.39 Å². The largest absolute Gasteiger partial charge is 0.419 e. The van der Waals surface area contributed by atoms with Crippen molar-refractivity contribution in [3.05, 3.63) is 34.6 Å². The Kier molecular flexibility index (Phi) is 2.98. The van der Waals surface area contributed by atoms with Crippen LogP contribution < -0.4 is 0 Å². The average molecular weight is 217 g/mol. The Morgan fingerprint density at radius 1 is 1.33 bits per heavy atom. The van der Waals surface area contributed by atoms with E-state index in [0.29, 0.717) is 0 Å². The normalized spacial score (nSPS) is 11.2. The molecule has 0 unspecified atom stereocenters. The predicted octanol–water partition coefficient (Wildman–Crippen LogP) is 3.22. The minimum atomic E-state index is -4.72. The molecule has 0 saturated carbocycles. The van der Waals surface area contributed by atoms with Crippen molar-refractivity contribution in [2.45, 2.75) is 19.5 Å². The van der Waals surface area contributed by atoms with Gasteiger partial charge in [0.15, 0.2) is 0 Å². The molecular formula is C10H7F4N. The molecule has 1 rings (SSSR count). The zero-order valence-corrected chi connectivity index (χ0v) is 7.82. The monoisotopic (exact) mass is 217 g/mol. The summed E-state index contributed by atoms with van der Waals surface area (Å²) in [7, 11) is 0. The van der Waals surface area contributed by atoms with Gasteiger partial charge in [-0.05, 0) is 24.1 Å². The van der Waals surface area contributed by atoms with Gasteiger partial charge in [-0.2, -0.15) is 18.4 Å². The molecule has 0 aliphatic heterocycles. The lowest BCUT2D eigenvalue weighted by Crippen LogP contribution is -2.12. The van der Waals surface area contributed by atoms with Crippen molar-refractivity contribution in [3.63, 3.8) is 0 Å². The highest BCUT2D eigenvalue weighted by Gasteiger charge is 2.36. The molecule has 0 aromatic heterocycles. The molecule has 0 saturated heterocycles. The Balaban J connectivity index is 3.38. The maximum atomic E-state index is 13.0. The van der Waals surface area contributed by atoms with Gasteiger partial charge in [0.25, 0.3) is 0 Å². The van der Waals surface area contributed by atoms with E-state index in [1.165, 1.54) is 13.0 Å². The number of rotatable bonds is 1. The van der Waals surface area contributed by atoms with Crippen molar-refractivity contribution >= 4 is 0 Å². The number of halogens is 4. The topological polar surface area (TPSA) is 23.8 Å². The quantitative estimate of drug-likeness (QED) is 0.662. The van der Waals surface area contributed by atoms with E-state index in [1.807, 2.05) is 0 Å². The fourth-order valence-corrected chi connectivity index (χ4v) is 1.35. The van der Waals surface area contributed by atoms with Crippen LogP contribution in [0, 0.1) is 24.1 Å². The third-order valence-electron chi connectivity index (χ3n) is 2.08. The Morgan fingerprint density at radius 3 is 2.40 bits per heavy atom. The van der Waals surface area contributed by atoms with E-state index in [2.05, 4.69) is 0 Å². The lowest BCUT2D eigenvalue weighted by Gasteiger charge is -2.13. The van der Waals surface area contributed by atoms with E-state index in [4.69, 9.17) is 5.26 Å². The summed E-state index contributed by atoms with van der Waals surface area (Å²) < 4.78 is 50.2. The highest BCUT2D eigenvalue weighted by molar-refractivity contribution is 5.38. The molecule has 1 aromatic rings. The first-order valence-electron chi connectivity index (χ1n) is 4.10. The van der Waals surface area contributed by atoms with Gasteiger partial charge in [0, 0.05) is 0 Å². The van der Waals surface area contributed by atoms with Crippen molar-refractivity contribution in [3.8, 4) is 6.07 Å². The third kappa shape index (κ3) is 2.27. The number of hydrogen-bond acceptors (Lipinski definition) is 1. The molecule has 0 heterocycles. The predicted molar refractivity (Wildman–Crippen MR) is 45.5 cm³/mol. The molecule has 15 heavy (non-hydrogen) atoms. The number of alkyl halides is 3. The van der Waals surface area contributed by atoms with Gasteiger partial charge < -0.3 is 0 Å². The number of benzene rings is 1.